The molecule has 0 spiro atoms. The zero-order chi connectivity index (χ0) is 10.8. The van der Waals surface area contributed by atoms with Crippen molar-refractivity contribution in [2.24, 2.45) is 5.73 Å². The van der Waals surface area contributed by atoms with Crippen molar-refractivity contribution in [1.29, 1.82) is 0 Å². The molecule has 0 aromatic carbocycles. The van der Waals surface area contributed by atoms with Crippen LogP contribution in [0.2, 0.25) is 0 Å². The van der Waals surface area contributed by atoms with Crippen LogP contribution < -0.4 is 5.73 Å². The Balaban J connectivity index is 2.24. The van der Waals surface area contributed by atoms with Gasteiger partial charge in [-0.05, 0) is 28.5 Å². The molecule has 0 aliphatic rings. The highest BCUT2D eigenvalue weighted by Gasteiger charge is 2.12. The molecule has 15 heavy (non-hydrogen) atoms. The van der Waals surface area contributed by atoms with Gasteiger partial charge in [0.25, 0.3) is 0 Å². The predicted octanol–water partition coefficient (Wildman–Crippen LogP) is -0.921. The molecule has 2 aromatic rings. The fourth-order valence-electron chi connectivity index (χ4n) is 1.25. The SMILES string of the molecule is NC(Cc1ccc2nnnn2c1)C(=O)O. The number of aromatic nitrogens is 4. The van der Waals surface area contributed by atoms with Gasteiger partial charge in [0, 0.05) is 6.20 Å². The molecule has 0 aliphatic carbocycles. The Morgan fingerprint density at radius 1 is 1.60 bits per heavy atom. The quantitative estimate of drug-likeness (QED) is 0.674. The Morgan fingerprint density at radius 2 is 2.40 bits per heavy atom. The number of nitrogens with two attached hydrogens (primary N) is 1. The Hall–Kier alpha value is -2.02. The number of rotatable bonds is 3. The van der Waals surface area contributed by atoms with E-state index in [2.05, 4.69) is 15.5 Å². The third-order valence-electron chi connectivity index (χ3n) is 2.03. The second-order valence-corrected chi connectivity index (χ2v) is 3.17. The first-order valence-corrected chi connectivity index (χ1v) is 4.32. The summed E-state index contributed by atoms with van der Waals surface area (Å²) in [5.41, 5.74) is 6.80. The fraction of sp³-hybridized carbons (Fsp3) is 0.250. The minimum absolute atomic E-state index is 0.255. The maximum atomic E-state index is 10.5. The molecule has 0 bridgehead atoms. The zero-order valence-electron chi connectivity index (χ0n) is 7.74. The van der Waals surface area contributed by atoms with Crippen LogP contribution in [-0.4, -0.2) is 37.2 Å². The van der Waals surface area contributed by atoms with Crippen LogP contribution in [-0.2, 0) is 11.2 Å². The summed E-state index contributed by atoms with van der Waals surface area (Å²) in [6, 6.07) is 2.57. The average Bonchev–Trinajstić information content (AvgIpc) is 2.64. The topological polar surface area (TPSA) is 106 Å². The van der Waals surface area contributed by atoms with Crippen LogP contribution in [0, 0.1) is 0 Å². The highest BCUT2D eigenvalue weighted by atomic mass is 16.4. The van der Waals surface area contributed by atoms with E-state index in [0.717, 1.165) is 5.56 Å². The number of carbonyl (C=O) groups is 1. The van der Waals surface area contributed by atoms with E-state index in [-0.39, 0.29) is 6.42 Å². The molecule has 7 nitrogen and oxygen atoms in total. The first-order valence-electron chi connectivity index (χ1n) is 4.32. The molecule has 0 saturated heterocycles. The van der Waals surface area contributed by atoms with E-state index in [1.165, 1.54) is 4.52 Å². The molecule has 0 fully saturated rings. The maximum Gasteiger partial charge on any atom is 0.320 e. The zero-order valence-corrected chi connectivity index (χ0v) is 7.74. The van der Waals surface area contributed by atoms with Crippen LogP contribution in [0.15, 0.2) is 18.3 Å². The molecule has 78 valence electrons. The van der Waals surface area contributed by atoms with Crippen LogP contribution in [0.25, 0.3) is 5.65 Å². The lowest BCUT2D eigenvalue weighted by Crippen LogP contribution is -2.32. The van der Waals surface area contributed by atoms with E-state index in [0.29, 0.717) is 5.65 Å². The molecule has 0 radical (unpaired) electrons. The van der Waals surface area contributed by atoms with Gasteiger partial charge in [0.1, 0.15) is 6.04 Å². The van der Waals surface area contributed by atoms with E-state index in [1.807, 2.05) is 0 Å². The van der Waals surface area contributed by atoms with Gasteiger partial charge in [-0.2, -0.15) is 0 Å². The monoisotopic (exact) mass is 207 g/mol. The summed E-state index contributed by atoms with van der Waals surface area (Å²) < 4.78 is 1.48. The smallest absolute Gasteiger partial charge is 0.320 e. The molecule has 0 saturated carbocycles. The summed E-state index contributed by atoms with van der Waals surface area (Å²) in [5.74, 6) is -1.02. The highest BCUT2D eigenvalue weighted by molar-refractivity contribution is 5.73. The largest absolute Gasteiger partial charge is 0.480 e. The number of hydrogen-bond acceptors (Lipinski definition) is 5. The summed E-state index contributed by atoms with van der Waals surface area (Å²) in [6.45, 7) is 0. The molecule has 1 unspecified atom stereocenters. The third kappa shape index (κ3) is 1.91. The van der Waals surface area contributed by atoms with Crippen LogP contribution >= 0.6 is 0 Å². The predicted molar refractivity (Wildman–Crippen MR) is 50.1 cm³/mol. The average molecular weight is 207 g/mol. The van der Waals surface area contributed by atoms with Crippen molar-refractivity contribution in [2.45, 2.75) is 12.5 Å². The standard InChI is InChI=1S/C8H9N5O2/c9-6(8(14)15)3-5-1-2-7-10-11-12-13(7)4-5/h1-2,4,6H,3,9H2,(H,14,15). The van der Waals surface area contributed by atoms with E-state index in [1.54, 1.807) is 18.3 Å². The summed E-state index contributed by atoms with van der Waals surface area (Å²) in [6.07, 6.45) is 1.92. The Kier molecular flexibility index (Phi) is 2.30. The van der Waals surface area contributed by atoms with Crippen molar-refractivity contribution in [1.82, 2.24) is 20.0 Å². The summed E-state index contributed by atoms with van der Waals surface area (Å²) in [4.78, 5) is 10.5. The Bertz CT molecular complexity index is 494. The molecule has 3 N–H and O–H groups in total. The second-order valence-electron chi connectivity index (χ2n) is 3.17. The molecule has 2 heterocycles. The number of tetrazole rings is 1. The van der Waals surface area contributed by atoms with Crippen molar-refractivity contribution in [3.63, 3.8) is 0 Å². The molecular formula is C8H9N5O2. The summed E-state index contributed by atoms with van der Waals surface area (Å²) in [7, 11) is 0. The third-order valence-corrected chi connectivity index (χ3v) is 2.03. The molecule has 0 amide bonds. The lowest BCUT2D eigenvalue weighted by atomic mass is 10.1. The number of carboxylic acids is 1. The number of pyridine rings is 1. The van der Waals surface area contributed by atoms with Crippen LogP contribution in [0.5, 0.6) is 0 Å². The van der Waals surface area contributed by atoms with Gasteiger partial charge in [-0.3, -0.25) is 4.79 Å². The molecule has 1 atom stereocenters. The van der Waals surface area contributed by atoms with Gasteiger partial charge >= 0.3 is 5.97 Å². The van der Waals surface area contributed by atoms with Gasteiger partial charge in [-0.25, -0.2) is 4.52 Å². The molecular weight excluding hydrogens is 198 g/mol. The van der Waals surface area contributed by atoms with Crippen molar-refractivity contribution >= 4 is 11.6 Å². The van der Waals surface area contributed by atoms with Gasteiger partial charge in [0.2, 0.25) is 0 Å². The molecule has 2 rings (SSSR count). The van der Waals surface area contributed by atoms with Gasteiger partial charge < -0.3 is 10.8 Å². The Morgan fingerprint density at radius 3 is 3.13 bits per heavy atom. The highest BCUT2D eigenvalue weighted by Crippen LogP contribution is 2.04. The maximum absolute atomic E-state index is 10.5. The van der Waals surface area contributed by atoms with Gasteiger partial charge in [0.05, 0.1) is 0 Å². The summed E-state index contributed by atoms with van der Waals surface area (Å²) >= 11 is 0. The second kappa shape index (κ2) is 3.62. The van der Waals surface area contributed by atoms with Crippen molar-refractivity contribution in [3.8, 4) is 0 Å². The number of aliphatic carboxylic acids is 1. The van der Waals surface area contributed by atoms with Crippen molar-refractivity contribution < 1.29 is 9.90 Å². The van der Waals surface area contributed by atoms with Gasteiger partial charge in [-0.15, -0.1) is 5.10 Å². The van der Waals surface area contributed by atoms with E-state index in [9.17, 15) is 4.79 Å². The number of carboxylic acid groups (broad SMARTS) is 1. The fourth-order valence-corrected chi connectivity index (χ4v) is 1.25. The van der Waals surface area contributed by atoms with E-state index in [4.69, 9.17) is 10.8 Å². The number of hydrogen-bond donors (Lipinski definition) is 2. The van der Waals surface area contributed by atoms with Crippen LogP contribution in [0.1, 0.15) is 5.56 Å². The minimum Gasteiger partial charge on any atom is -0.480 e. The number of fused-ring (bicyclic) bond motifs is 1. The van der Waals surface area contributed by atoms with E-state index >= 15 is 0 Å². The molecule has 7 heteroatoms. The van der Waals surface area contributed by atoms with Gasteiger partial charge in [-0.1, -0.05) is 6.07 Å². The lowest BCUT2D eigenvalue weighted by molar-refractivity contribution is -0.138. The first-order chi connectivity index (χ1) is 7.16. The van der Waals surface area contributed by atoms with Crippen molar-refractivity contribution in [3.05, 3.63) is 23.9 Å². The Labute approximate surface area is 84.5 Å². The van der Waals surface area contributed by atoms with Crippen LogP contribution in [0.3, 0.4) is 0 Å². The number of nitrogens with zero attached hydrogens (tertiary/aromatic N) is 4. The van der Waals surface area contributed by atoms with Crippen molar-refractivity contribution in [2.75, 3.05) is 0 Å². The van der Waals surface area contributed by atoms with Crippen LogP contribution in [0.4, 0.5) is 0 Å². The minimum atomic E-state index is -1.02. The lowest BCUT2D eigenvalue weighted by Gasteiger charge is -2.05. The van der Waals surface area contributed by atoms with Gasteiger partial charge in [0.15, 0.2) is 5.65 Å². The summed E-state index contributed by atoms with van der Waals surface area (Å²) in [5, 5.41) is 19.5. The molecule has 2 aromatic heterocycles. The normalized spacial score (nSPS) is 12.9. The molecule has 0 aliphatic heterocycles. The van der Waals surface area contributed by atoms with E-state index < -0.39 is 12.0 Å². The first kappa shape index (κ1) is 9.53.